The Hall–Kier alpha value is -2.94. The quantitative estimate of drug-likeness (QED) is 0.436. The lowest BCUT2D eigenvalue weighted by atomic mass is 9.86. The minimum atomic E-state index is -0.223. The molecule has 1 fully saturated rings. The number of aromatic hydroxyl groups is 1. The van der Waals surface area contributed by atoms with Gasteiger partial charge >= 0.3 is 5.69 Å². The van der Waals surface area contributed by atoms with Crippen molar-refractivity contribution in [3.63, 3.8) is 0 Å². The maximum Gasteiger partial charge on any atom is 0.376 e. The molecule has 1 aliphatic rings. The number of phenolic OH excluding ortho intramolecular Hbond substituents is 1. The number of nitrogens with two attached hydrogens (primary N) is 1. The zero-order chi connectivity index (χ0) is 19.9. The first-order chi connectivity index (χ1) is 13.5. The first-order valence-electron chi connectivity index (χ1n) is 9.55. The summed E-state index contributed by atoms with van der Waals surface area (Å²) in [4.78, 5) is 19.6. The van der Waals surface area contributed by atoms with Gasteiger partial charge in [0.1, 0.15) is 11.9 Å². The lowest BCUT2D eigenvalue weighted by molar-refractivity contribution is -0.729. The van der Waals surface area contributed by atoms with Gasteiger partial charge < -0.3 is 21.5 Å². The van der Waals surface area contributed by atoms with Crippen LogP contribution in [-0.2, 0) is 6.42 Å². The van der Waals surface area contributed by atoms with E-state index >= 15 is 0 Å². The van der Waals surface area contributed by atoms with Crippen molar-refractivity contribution in [2.45, 2.75) is 38.1 Å². The third-order valence-corrected chi connectivity index (χ3v) is 5.06. The van der Waals surface area contributed by atoms with Crippen molar-refractivity contribution in [1.82, 2.24) is 9.97 Å². The second-order valence-electron chi connectivity index (χ2n) is 7.21. The van der Waals surface area contributed by atoms with Gasteiger partial charge in [-0.05, 0) is 55.7 Å². The van der Waals surface area contributed by atoms with E-state index in [1.54, 1.807) is 12.1 Å². The SMILES string of the molecule is N[C@H]1CC[C@H](CNc2nc(NCCc3ccc(O)cc3)ncc2[N+](=O)O)CC1. The number of anilines is 2. The largest absolute Gasteiger partial charge is 0.508 e. The standard InChI is InChI=1S/C19H26N6O3/c20-15-5-1-14(2-6-15)11-22-18-17(25(27)28)12-23-19(24-18)21-10-9-13-3-7-16(26)8-4-13/h3-4,7-8,12,14-15H,1-2,5-6,9-11,20H2,(H3-,21,22,23,24,26,27,28)/p+1/t14-,15-. The van der Waals surface area contributed by atoms with E-state index in [1.165, 1.54) is 6.20 Å². The molecule has 0 saturated heterocycles. The molecule has 1 aromatic heterocycles. The summed E-state index contributed by atoms with van der Waals surface area (Å²) in [5.74, 6) is 1.37. The van der Waals surface area contributed by atoms with Gasteiger partial charge in [0.05, 0.1) is 4.91 Å². The maximum atomic E-state index is 11.4. The minimum absolute atomic E-state index is 0.0170. The Balaban J connectivity index is 1.58. The highest BCUT2D eigenvalue weighted by Gasteiger charge is 2.24. The predicted molar refractivity (Wildman–Crippen MR) is 106 cm³/mol. The average molecular weight is 387 g/mol. The Bertz CT molecular complexity index is 791. The number of hydrogen-bond acceptors (Lipinski definition) is 7. The summed E-state index contributed by atoms with van der Waals surface area (Å²) in [7, 11) is 0. The molecule has 6 N–H and O–H groups in total. The van der Waals surface area contributed by atoms with Crippen LogP contribution in [0.1, 0.15) is 31.2 Å². The van der Waals surface area contributed by atoms with E-state index in [4.69, 9.17) is 5.73 Å². The van der Waals surface area contributed by atoms with Crippen molar-refractivity contribution in [2.24, 2.45) is 11.7 Å². The van der Waals surface area contributed by atoms with Crippen molar-refractivity contribution >= 4 is 17.5 Å². The summed E-state index contributed by atoms with van der Waals surface area (Å²) >= 11 is 0. The molecule has 9 nitrogen and oxygen atoms in total. The van der Waals surface area contributed by atoms with Gasteiger partial charge in [-0.25, -0.2) is 10.2 Å². The molecule has 0 unspecified atom stereocenters. The summed E-state index contributed by atoms with van der Waals surface area (Å²) in [5.41, 5.74) is 6.99. The zero-order valence-electron chi connectivity index (χ0n) is 15.7. The Kier molecular flexibility index (Phi) is 6.59. The summed E-state index contributed by atoms with van der Waals surface area (Å²) in [6, 6.07) is 7.27. The number of hydrogen-bond donors (Lipinski definition) is 5. The fraction of sp³-hybridized carbons (Fsp3) is 0.474. The van der Waals surface area contributed by atoms with Crippen LogP contribution in [0, 0.1) is 10.8 Å². The summed E-state index contributed by atoms with van der Waals surface area (Å²) < 4.78 is 0. The molecule has 28 heavy (non-hydrogen) atoms. The molecule has 2 aromatic rings. The highest BCUT2D eigenvalue weighted by molar-refractivity contribution is 5.56. The monoisotopic (exact) mass is 387 g/mol. The number of nitrogens with one attached hydrogen (secondary N) is 2. The summed E-state index contributed by atoms with van der Waals surface area (Å²) in [6.45, 7) is 1.25. The molecule has 150 valence electrons. The van der Waals surface area contributed by atoms with Gasteiger partial charge in [0.15, 0.2) is 0 Å². The van der Waals surface area contributed by atoms with Crippen molar-refractivity contribution in [2.75, 3.05) is 23.7 Å². The van der Waals surface area contributed by atoms with E-state index in [0.29, 0.717) is 30.8 Å². The molecule has 1 saturated carbocycles. The van der Waals surface area contributed by atoms with Crippen molar-refractivity contribution in [3.05, 3.63) is 40.9 Å². The second-order valence-corrected chi connectivity index (χ2v) is 7.21. The van der Waals surface area contributed by atoms with E-state index in [2.05, 4.69) is 20.6 Å². The fourth-order valence-corrected chi connectivity index (χ4v) is 3.35. The molecular formula is C19H27N6O3+. The van der Waals surface area contributed by atoms with Crippen LogP contribution >= 0.6 is 0 Å². The molecule has 0 atom stereocenters. The van der Waals surface area contributed by atoms with Crippen LogP contribution in [0.3, 0.4) is 0 Å². The number of rotatable bonds is 8. The molecule has 1 aliphatic carbocycles. The van der Waals surface area contributed by atoms with Crippen LogP contribution in [0.5, 0.6) is 5.75 Å². The number of nitrogens with zero attached hydrogens (tertiary/aromatic N) is 3. The summed E-state index contributed by atoms with van der Waals surface area (Å²) in [5, 5.41) is 24.9. The number of benzene rings is 1. The number of phenols is 1. The topological polar surface area (TPSA) is 136 Å². The highest BCUT2D eigenvalue weighted by atomic mass is 16.6. The first-order valence-corrected chi connectivity index (χ1v) is 9.55. The third kappa shape index (κ3) is 5.53. The van der Waals surface area contributed by atoms with Gasteiger partial charge in [-0.15, -0.1) is 0 Å². The van der Waals surface area contributed by atoms with E-state index in [0.717, 1.165) is 37.7 Å². The van der Waals surface area contributed by atoms with Crippen molar-refractivity contribution in [3.8, 4) is 5.75 Å². The Morgan fingerprint density at radius 1 is 1.14 bits per heavy atom. The molecule has 1 aromatic carbocycles. The van der Waals surface area contributed by atoms with Crippen LogP contribution in [0.2, 0.25) is 0 Å². The average Bonchev–Trinajstić information content (AvgIpc) is 2.69. The van der Waals surface area contributed by atoms with Gasteiger partial charge in [0, 0.05) is 19.1 Å². The van der Waals surface area contributed by atoms with Gasteiger partial charge in [-0.2, -0.15) is 4.98 Å². The number of aromatic nitrogens is 2. The Morgan fingerprint density at radius 2 is 1.86 bits per heavy atom. The Labute approximate surface area is 163 Å². The predicted octanol–water partition coefficient (Wildman–Crippen LogP) is 2.57. The van der Waals surface area contributed by atoms with Crippen molar-refractivity contribution < 1.29 is 15.2 Å². The lowest BCUT2D eigenvalue weighted by Gasteiger charge is -2.26. The van der Waals surface area contributed by atoms with E-state index in [-0.39, 0.29) is 22.4 Å². The normalized spacial score (nSPS) is 19.2. The van der Waals surface area contributed by atoms with Gasteiger partial charge in [-0.1, -0.05) is 12.1 Å². The molecule has 0 bridgehead atoms. The van der Waals surface area contributed by atoms with Crippen LogP contribution in [-0.4, -0.2) is 44.3 Å². The van der Waals surface area contributed by atoms with Gasteiger partial charge in [0.2, 0.25) is 11.8 Å². The summed E-state index contributed by atoms with van der Waals surface area (Å²) in [6.07, 6.45) is 6.09. The van der Waals surface area contributed by atoms with Gasteiger partial charge in [0.25, 0.3) is 4.92 Å². The molecule has 0 spiro atoms. The van der Waals surface area contributed by atoms with Crippen LogP contribution in [0.25, 0.3) is 0 Å². The minimum Gasteiger partial charge on any atom is -0.508 e. The molecule has 0 amide bonds. The zero-order valence-corrected chi connectivity index (χ0v) is 15.7. The molecular weight excluding hydrogens is 360 g/mol. The molecule has 1 heterocycles. The van der Waals surface area contributed by atoms with Crippen molar-refractivity contribution in [1.29, 1.82) is 0 Å². The molecule has 3 rings (SSSR count). The Morgan fingerprint density at radius 3 is 2.54 bits per heavy atom. The van der Waals surface area contributed by atoms with E-state index < -0.39 is 0 Å². The molecule has 0 radical (unpaired) electrons. The van der Waals surface area contributed by atoms with E-state index in [9.17, 15) is 15.2 Å². The third-order valence-electron chi connectivity index (χ3n) is 5.06. The van der Waals surface area contributed by atoms with Crippen LogP contribution in [0.15, 0.2) is 30.5 Å². The highest BCUT2D eigenvalue weighted by Crippen LogP contribution is 2.26. The van der Waals surface area contributed by atoms with E-state index in [1.807, 2.05) is 12.1 Å². The lowest BCUT2D eigenvalue weighted by Crippen LogP contribution is -2.29. The van der Waals surface area contributed by atoms with Gasteiger partial charge in [-0.3, -0.25) is 0 Å². The fourth-order valence-electron chi connectivity index (χ4n) is 3.35. The van der Waals surface area contributed by atoms with Crippen LogP contribution < -0.4 is 16.4 Å². The van der Waals surface area contributed by atoms with Crippen LogP contribution in [0.4, 0.5) is 17.5 Å². The molecule has 9 heteroatoms. The maximum absolute atomic E-state index is 11.4. The molecule has 0 aliphatic heterocycles. The smallest absolute Gasteiger partial charge is 0.376 e. The second kappa shape index (κ2) is 9.32. The first kappa shape index (κ1) is 19.8.